The van der Waals surface area contributed by atoms with Crippen LogP contribution in [0, 0.1) is 0 Å². The van der Waals surface area contributed by atoms with Gasteiger partial charge in [-0.2, -0.15) is 0 Å². The summed E-state index contributed by atoms with van der Waals surface area (Å²) < 4.78 is 0. The minimum absolute atomic E-state index is 0.178. The molecule has 2 N–H and O–H groups in total. The molecule has 4 heteroatoms. The molecular formula is C6H8N2OS. The van der Waals surface area contributed by atoms with E-state index in [0.29, 0.717) is 0 Å². The van der Waals surface area contributed by atoms with Crippen LogP contribution in [0.2, 0.25) is 0 Å². The Morgan fingerprint density at radius 3 is 3.00 bits per heavy atom. The number of nitrogens with one attached hydrogen (secondary N) is 2. The van der Waals surface area contributed by atoms with E-state index in [1.165, 1.54) is 11.3 Å². The van der Waals surface area contributed by atoms with E-state index in [1.807, 2.05) is 17.5 Å². The predicted molar refractivity (Wildman–Crippen MR) is 42.4 cm³/mol. The number of anilines is 1. The fraction of sp³-hybridized carbons (Fsp3) is 0.167. The lowest BCUT2D eigenvalue weighted by molar-refractivity contribution is 0.254. The molecule has 0 radical (unpaired) electrons. The van der Waals surface area contributed by atoms with Crippen molar-refractivity contribution in [1.82, 2.24) is 5.32 Å². The Morgan fingerprint density at radius 1 is 1.70 bits per heavy atom. The highest BCUT2D eigenvalue weighted by Crippen LogP contribution is 2.13. The van der Waals surface area contributed by atoms with Crippen LogP contribution in [-0.2, 0) is 0 Å². The van der Waals surface area contributed by atoms with Gasteiger partial charge < -0.3 is 5.32 Å². The maximum absolute atomic E-state index is 10.7. The van der Waals surface area contributed by atoms with E-state index >= 15 is 0 Å². The molecule has 0 aromatic carbocycles. The van der Waals surface area contributed by atoms with Gasteiger partial charge >= 0.3 is 6.03 Å². The summed E-state index contributed by atoms with van der Waals surface area (Å²) >= 11 is 1.49. The largest absolute Gasteiger partial charge is 0.341 e. The van der Waals surface area contributed by atoms with Crippen LogP contribution >= 0.6 is 11.3 Å². The summed E-state index contributed by atoms with van der Waals surface area (Å²) in [4.78, 5) is 10.7. The molecule has 0 aliphatic carbocycles. The van der Waals surface area contributed by atoms with Crippen LogP contribution in [0.4, 0.5) is 9.80 Å². The molecule has 2 amide bonds. The van der Waals surface area contributed by atoms with Crippen molar-refractivity contribution in [2.45, 2.75) is 0 Å². The summed E-state index contributed by atoms with van der Waals surface area (Å²) in [5, 5.41) is 7.87. The van der Waals surface area contributed by atoms with Crippen LogP contribution in [0.1, 0.15) is 0 Å². The van der Waals surface area contributed by atoms with Crippen molar-refractivity contribution in [3.8, 4) is 0 Å². The smallest absolute Gasteiger partial charge is 0.319 e. The zero-order chi connectivity index (χ0) is 7.40. The van der Waals surface area contributed by atoms with E-state index in [1.54, 1.807) is 7.05 Å². The molecule has 1 heterocycles. The first-order chi connectivity index (χ1) is 4.83. The van der Waals surface area contributed by atoms with Crippen molar-refractivity contribution in [3.05, 3.63) is 17.5 Å². The van der Waals surface area contributed by atoms with Gasteiger partial charge in [0.25, 0.3) is 0 Å². The second kappa shape index (κ2) is 3.22. The molecule has 1 aromatic rings. The third-order valence-electron chi connectivity index (χ3n) is 0.985. The number of hydrogen-bond donors (Lipinski definition) is 2. The fourth-order valence-electron chi connectivity index (χ4n) is 0.524. The number of urea groups is 1. The lowest BCUT2D eigenvalue weighted by atomic mass is 10.6. The van der Waals surface area contributed by atoms with E-state index in [-0.39, 0.29) is 6.03 Å². The van der Waals surface area contributed by atoms with Crippen molar-refractivity contribution < 1.29 is 4.79 Å². The molecule has 54 valence electrons. The zero-order valence-corrected chi connectivity index (χ0v) is 6.37. The molecule has 0 aliphatic rings. The monoisotopic (exact) mass is 156 g/mol. The quantitative estimate of drug-likeness (QED) is 0.635. The SMILES string of the molecule is CNC(=O)Nc1cccs1. The molecule has 3 nitrogen and oxygen atoms in total. The molecule has 0 unspecified atom stereocenters. The molecule has 1 aromatic heterocycles. The van der Waals surface area contributed by atoms with Crippen molar-refractivity contribution in [2.24, 2.45) is 0 Å². The van der Waals surface area contributed by atoms with Gasteiger partial charge in [-0.3, -0.25) is 5.32 Å². The van der Waals surface area contributed by atoms with Crippen molar-refractivity contribution in [2.75, 3.05) is 12.4 Å². The second-order valence-corrected chi connectivity index (χ2v) is 2.63. The van der Waals surface area contributed by atoms with Gasteiger partial charge in [-0.1, -0.05) is 0 Å². The molecular weight excluding hydrogens is 148 g/mol. The first-order valence-electron chi connectivity index (χ1n) is 2.85. The van der Waals surface area contributed by atoms with Gasteiger partial charge in [-0.15, -0.1) is 11.3 Å². The molecule has 0 bridgehead atoms. The average Bonchev–Trinajstić information content (AvgIpc) is 2.40. The van der Waals surface area contributed by atoms with Crippen LogP contribution in [-0.4, -0.2) is 13.1 Å². The maximum atomic E-state index is 10.7. The van der Waals surface area contributed by atoms with Crippen LogP contribution < -0.4 is 10.6 Å². The van der Waals surface area contributed by atoms with Crippen LogP contribution in [0.15, 0.2) is 17.5 Å². The Morgan fingerprint density at radius 2 is 2.50 bits per heavy atom. The number of carbonyl (C=O) groups excluding carboxylic acids is 1. The highest BCUT2D eigenvalue weighted by atomic mass is 32.1. The highest BCUT2D eigenvalue weighted by molar-refractivity contribution is 7.14. The van der Waals surface area contributed by atoms with Crippen LogP contribution in [0.25, 0.3) is 0 Å². The van der Waals surface area contributed by atoms with Gasteiger partial charge in [-0.25, -0.2) is 4.79 Å². The van der Waals surface area contributed by atoms with Gasteiger partial charge in [0.1, 0.15) is 0 Å². The Kier molecular flexibility index (Phi) is 2.28. The molecule has 0 aliphatic heterocycles. The molecule has 0 spiro atoms. The number of thiophene rings is 1. The molecule has 10 heavy (non-hydrogen) atoms. The minimum Gasteiger partial charge on any atom is -0.341 e. The maximum Gasteiger partial charge on any atom is 0.319 e. The normalized spacial score (nSPS) is 8.90. The lowest BCUT2D eigenvalue weighted by Crippen LogP contribution is -2.23. The summed E-state index contributed by atoms with van der Waals surface area (Å²) in [6.07, 6.45) is 0. The minimum atomic E-state index is -0.178. The lowest BCUT2D eigenvalue weighted by Gasteiger charge is -1.98. The van der Waals surface area contributed by atoms with Crippen molar-refractivity contribution in [3.63, 3.8) is 0 Å². The van der Waals surface area contributed by atoms with E-state index in [9.17, 15) is 4.79 Å². The average molecular weight is 156 g/mol. The fourth-order valence-corrected chi connectivity index (χ4v) is 1.14. The number of carbonyl (C=O) groups is 1. The first-order valence-corrected chi connectivity index (χ1v) is 3.73. The van der Waals surface area contributed by atoms with Gasteiger partial charge in [0.2, 0.25) is 0 Å². The molecule has 0 fully saturated rings. The number of amides is 2. The molecule has 1 rings (SSSR count). The van der Waals surface area contributed by atoms with Gasteiger partial charge in [0.05, 0.1) is 5.00 Å². The molecule has 0 atom stereocenters. The predicted octanol–water partition coefficient (Wildman–Crippen LogP) is 1.50. The summed E-state index contributed by atoms with van der Waals surface area (Å²) in [5.41, 5.74) is 0. The highest BCUT2D eigenvalue weighted by Gasteiger charge is 1.96. The summed E-state index contributed by atoms with van der Waals surface area (Å²) in [5.74, 6) is 0. The Labute approximate surface area is 63.1 Å². The van der Waals surface area contributed by atoms with Crippen molar-refractivity contribution >= 4 is 22.4 Å². The van der Waals surface area contributed by atoms with Crippen LogP contribution in [0.3, 0.4) is 0 Å². The third kappa shape index (κ3) is 1.73. The standard InChI is InChI=1S/C6H8N2OS/c1-7-6(9)8-5-3-2-4-10-5/h2-4H,1H3,(H2,7,8,9). The topological polar surface area (TPSA) is 41.1 Å². The van der Waals surface area contributed by atoms with E-state index < -0.39 is 0 Å². The van der Waals surface area contributed by atoms with Crippen LogP contribution in [0.5, 0.6) is 0 Å². The van der Waals surface area contributed by atoms with Gasteiger partial charge in [0, 0.05) is 7.05 Å². The van der Waals surface area contributed by atoms with E-state index in [2.05, 4.69) is 10.6 Å². The summed E-state index contributed by atoms with van der Waals surface area (Å²) in [7, 11) is 1.59. The first kappa shape index (κ1) is 7.08. The van der Waals surface area contributed by atoms with E-state index in [0.717, 1.165) is 5.00 Å². The summed E-state index contributed by atoms with van der Waals surface area (Å²) in [6.45, 7) is 0. The number of hydrogen-bond acceptors (Lipinski definition) is 2. The Hall–Kier alpha value is -1.03. The molecule has 0 saturated heterocycles. The third-order valence-corrected chi connectivity index (χ3v) is 1.77. The van der Waals surface area contributed by atoms with Gasteiger partial charge in [-0.05, 0) is 17.5 Å². The Balaban J connectivity index is 2.48. The molecule has 0 saturated carbocycles. The zero-order valence-electron chi connectivity index (χ0n) is 5.55. The summed E-state index contributed by atoms with van der Waals surface area (Å²) in [6, 6.07) is 3.55. The number of rotatable bonds is 1. The van der Waals surface area contributed by atoms with E-state index in [4.69, 9.17) is 0 Å². The van der Waals surface area contributed by atoms with Gasteiger partial charge in [0.15, 0.2) is 0 Å². The second-order valence-electron chi connectivity index (χ2n) is 1.68. The van der Waals surface area contributed by atoms with Crippen molar-refractivity contribution in [1.29, 1.82) is 0 Å². The Bertz CT molecular complexity index is 208.